The lowest BCUT2D eigenvalue weighted by Gasteiger charge is -2.25. The summed E-state index contributed by atoms with van der Waals surface area (Å²) in [7, 11) is 0. The molecule has 2 aromatic heterocycles. The summed E-state index contributed by atoms with van der Waals surface area (Å²) in [4.78, 5) is 65.8. The summed E-state index contributed by atoms with van der Waals surface area (Å²) in [6, 6.07) is 10.4. The number of nitrogens with two attached hydrogens (primary N) is 1. The lowest BCUT2D eigenvalue weighted by atomic mass is 10.0. The number of aliphatic carboxylic acids is 1. The van der Waals surface area contributed by atoms with E-state index in [2.05, 4.69) is 35.9 Å². The molecule has 3 amide bonds. The molecule has 0 fully saturated rings. The quantitative estimate of drug-likeness (QED) is 0.0912. The maximum Gasteiger partial charge on any atom is 0.326 e. The van der Waals surface area contributed by atoms with Gasteiger partial charge in [-0.1, -0.05) is 42.5 Å². The Morgan fingerprint density at radius 3 is 1.68 bits per heavy atom. The van der Waals surface area contributed by atoms with Gasteiger partial charge in [0.25, 0.3) is 0 Å². The number of carbonyl (C=O) groups excluding carboxylic acids is 3. The van der Waals surface area contributed by atoms with E-state index in [1.54, 1.807) is 42.5 Å². The monoisotopic (exact) mass is 602 g/mol. The van der Waals surface area contributed by atoms with Gasteiger partial charge in [-0.15, -0.1) is 0 Å². The highest BCUT2D eigenvalue weighted by Crippen LogP contribution is 2.12. The smallest absolute Gasteiger partial charge is 0.326 e. The number of aromatic hydroxyl groups is 1. The molecular weight excluding hydrogens is 568 g/mol. The number of phenolic OH excluding ortho intramolecular Hbond substituents is 1. The van der Waals surface area contributed by atoms with Crippen molar-refractivity contribution >= 4 is 23.7 Å². The molecule has 0 saturated heterocycles. The fourth-order valence-electron chi connectivity index (χ4n) is 4.50. The van der Waals surface area contributed by atoms with Crippen molar-refractivity contribution in [3.8, 4) is 5.75 Å². The van der Waals surface area contributed by atoms with Gasteiger partial charge in [0, 0.05) is 43.0 Å². The van der Waals surface area contributed by atoms with Crippen LogP contribution in [-0.2, 0) is 44.9 Å². The number of aromatic nitrogens is 4. The first-order valence-corrected chi connectivity index (χ1v) is 13.8. The lowest BCUT2D eigenvalue weighted by molar-refractivity contribution is -0.142. The van der Waals surface area contributed by atoms with Gasteiger partial charge in [0.15, 0.2) is 0 Å². The number of imidazole rings is 2. The van der Waals surface area contributed by atoms with Crippen molar-refractivity contribution < 1.29 is 29.4 Å². The largest absolute Gasteiger partial charge is 0.508 e. The minimum atomic E-state index is -1.26. The second-order valence-electron chi connectivity index (χ2n) is 10.3. The number of nitrogens with one attached hydrogen (secondary N) is 5. The van der Waals surface area contributed by atoms with E-state index in [4.69, 9.17) is 5.73 Å². The van der Waals surface area contributed by atoms with Crippen LogP contribution in [0.5, 0.6) is 5.75 Å². The van der Waals surface area contributed by atoms with Crippen LogP contribution >= 0.6 is 0 Å². The Morgan fingerprint density at radius 2 is 1.18 bits per heavy atom. The number of amides is 3. The summed E-state index contributed by atoms with van der Waals surface area (Å²) >= 11 is 0. The molecule has 230 valence electrons. The van der Waals surface area contributed by atoms with Crippen LogP contribution in [-0.4, -0.2) is 78.0 Å². The van der Waals surface area contributed by atoms with Crippen molar-refractivity contribution in [3.63, 3.8) is 0 Å². The Labute approximate surface area is 252 Å². The van der Waals surface area contributed by atoms with E-state index < -0.39 is 47.9 Å². The van der Waals surface area contributed by atoms with Crippen LogP contribution in [0.1, 0.15) is 22.5 Å². The standard InChI is InChI=1S/C30H34N8O6/c31-23(10-19-6-8-22(39)9-7-19)27(40)36-24(12-20-14-32-16-34-20)28(41)37-25(13-21-15-33-17-35-21)29(42)38-26(30(43)44)11-18-4-2-1-3-5-18/h1-9,14-17,23-26,39H,10-13,31H2,(H,32,34)(H,33,35)(H,36,40)(H,37,41)(H,38,42)(H,43,44). The van der Waals surface area contributed by atoms with Crippen LogP contribution in [0.15, 0.2) is 79.6 Å². The average Bonchev–Trinajstić information content (AvgIpc) is 3.72. The van der Waals surface area contributed by atoms with Gasteiger partial charge in [0.2, 0.25) is 17.7 Å². The third-order valence-electron chi connectivity index (χ3n) is 6.85. The van der Waals surface area contributed by atoms with E-state index in [-0.39, 0.29) is 31.4 Å². The maximum absolute atomic E-state index is 13.6. The Bertz CT molecular complexity index is 1510. The molecule has 4 atom stereocenters. The number of benzene rings is 2. The number of nitrogens with zero attached hydrogens (tertiary/aromatic N) is 2. The number of H-pyrrole nitrogens is 2. The molecule has 0 radical (unpaired) electrons. The van der Waals surface area contributed by atoms with Crippen LogP contribution in [0.4, 0.5) is 0 Å². The molecule has 4 unspecified atom stereocenters. The van der Waals surface area contributed by atoms with E-state index in [1.807, 2.05) is 0 Å². The minimum absolute atomic E-state index is 0.00760. The molecule has 4 aromatic rings. The van der Waals surface area contributed by atoms with E-state index >= 15 is 0 Å². The summed E-state index contributed by atoms with van der Waals surface area (Å²) in [5, 5.41) is 27.2. The number of carbonyl (C=O) groups is 4. The predicted octanol–water partition coefficient (Wildman–Crippen LogP) is -0.0247. The van der Waals surface area contributed by atoms with Gasteiger partial charge in [0.05, 0.1) is 18.7 Å². The molecule has 0 saturated carbocycles. The van der Waals surface area contributed by atoms with Crippen molar-refractivity contribution in [1.82, 2.24) is 35.9 Å². The van der Waals surface area contributed by atoms with E-state index in [0.29, 0.717) is 22.5 Å². The van der Waals surface area contributed by atoms with Crippen molar-refractivity contribution in [3.05, 3.63) is 102 Å². The zero-order valence-electron chi connectivity index (χ0n) is 23.6. The molecule has 14 heteroatoms. The van der Waals surface area contributed by atoms with Gasteiger partial charge >= 0.3 is 5.97 Å². The van der Waals surface area contributed by atoms with Gasteiger partial charge in [-0.3, -0.25) is 14.4 Å². The summed E-state index contributed by atoms with van der Waals surface area (Å²) < 4.78 is 0. The van der Waals surface area contributed by atoms with Crippen molar-refractivity contribution in [1.29, 1.82) is 0 Å². The fraction of sp³-hybridized carbons (Fsp3) is 0.267. The van der Waals surface area contributed by atoms with Gasteiger partial charge in [-0.05, 0) is 29.7 Å². The highest BCUT2D eigenvalue weighted by molar-refractivity contribution is 5.94. The molecule has 0 aliphatic rings. The highest BCUT2D eigenvalue weighted by atomic mass is 16.4. The minimum Gasteiger partial charge on any atom is -0.508 e. The normalized spacial score (nSPS) is 13.7. The molecule has 0 aliphatic carbocycles. The zero-order chi connectivity index (χ0) is 31.5. The molecule has 4 rings (SSSR count). The summed E-state index contributed by atoms with van der Waals surface area (Å²) in [5.74, 6) is -3.19. The van der Waals surface area contributed by atoms with Crippen LogP contribution in [0.2, 0.25) is 0 Å². The van der Waals surface area contributed by atoms with Crippen molar-refractivity contribution in [2.45, 2.75) is 49.9 Å². The first-order valence-electron chi connectivity index (χ1n) is 13.8. The number of hydrogen-bond acceptors (Lipinski definition) is 8. The number of carboxylic acids is 1. The molecule has 2 heterocycles. The number of carboxylic acid groups (broad SMARTS) is 1. The lowest BCUT2D eigenvalue weighted by Crippen LogP contribution is -2.58. The third kappa shape index (κ3) is 9.25. The topological polar surface area (TPSA) is 228 Å². The van der Waals surface area contributed by atoms with Crippen molar-refractivity contribution in [2.24, 2.45) is 5.73 Å². The predicted molar refractivity (Wildman–Crippen MR) is 158 cm³/mol. The van der Waals surface area contributed by atoms with E-state index in [1.165, 1.54) is 37.2 Å². The van der Waals surface area contributed by atoms with Gasteiger partial charge < -0.3 is 41.9 Å². The molecule has 0 bridgehead atoms. The molecule has 44 heavy (non-hydrogen) atoms. The number of aromatic amines is 2. The Morgan fingerprint density at radius 1 is 0.682 bits per heavy atom. The summed E-state index contributed by atoms with van der Waals surface area (Å²) in [5.41, 5.74) is 8.62. The van der Waals surface area contributed by atoms with E-state index in [0.717, 1.165) is 0 Å². The van der Waals surface area contributed by atoms with Crippen LogP contribution in [0.25, 0.3) is 0 Å². The summed E-state index contributed by atoms with van der Waals surface area (Å²) in [6.07, 6.45) is 5.98. The zero-order valence-corrected chi connectivity index (χ0v) is 23.6. The Hall–Kier alpha value is -5.50. The average molecular weight is 603 g/mol. The summed E-state index contributed by atoms with van der Waals surface area (Å²) in [6.45, 7) is 0. The first-order chi connectivity index (χ1) is 21.2. The van der Waals surface area contributed by atoms with Crippen LogP contribution in [0.3, 0.4) is 0 Å². The highest BCUT2D eigenvalue weighted by Gasteiger charge is 2.31. The molecule has 0 spiro atoms. The SMILES string of the molecule is NC(Cc1ccc(O)cc1)C(=O)NC(Cc1cnc[nH]1)C(=O)NC(Cc1cnc[nH]1)C(=O)NC(Cc1ccccc1)C(=O)O. The van der Waals surface area contributed by atoms with Crippen LogP contribution < -0.4 is 21.7 Å². The van der Waals surface area contributed by atoms with E-state index in [9.17, 15) is 29.4 Å². The Balaban J connectivity index is 1.49. The fourth-order valence-corrected chi connectivity index (χ4v) is 4.50. The Kier molecular flexibility index (Phi) is 10.8. The second-order valence-corrected chi connectivity index (χ2v) is 10.3. The number of hydrogen-bond donors (Lipinski definition) is 8. The molecule has 0 aliphatic heterocycles. The molecule has 9 N–H and O–H groups in total. The second kappa shape index (κ2) is 15.1. The van der Waals surface area contributed by atoms with Gasteiger partial charge in [-0.2, -0.15) is 0 Å². The molecule has 2 aromatic carbocycles. The van der Waals surface area contributed by atoms with Gasteiger partial charge in [0.1, 0.15) is 23.9 Å². The number of rotatable bonds is 15. The third-order valence-corrected chi connectivity index (χ3v) is 6.85. The molecule has 14 nitrogen and oxygen atoms in total. The van der Waals surface area contributed by atoms with Crippen molar-refractivity contribution in [2.75, 3.05) is 0 Å². The van der Waals surface area contributed by atoms with Gasteiger partial charge in [-0.25, -0.2) is 14.8 Å². The van der Waals surface area contributed by atoms with Crippen LogP contribution in [0, 0.1) is 0 Å². The molecular formula is C30H34N8O6. The first kappa shape index (κ1) is 31.4. The maximum atomic E-state index is 13.6. The number of phenols is 1.